The van der Waals surface area contributed by atoms with Gasteiger partial charge >= 0.3 is 5.69 Å². The van der Waals surface area contributed by atoms with Gasteiger partial charge in [-0.05, 0) is 30.4 Å². The summed E-state index contributed by atoms with van der Waals surface area (Å²) in [5.41, 5.74) is 2.08. The van der Waals surface area contributed by atoms with E-state index in [1.807, 2.05) is 38.1 Å². The highest BCUT2D eigenvalue weighted by atomic mass is 32.1. The number of hydrogen-bond donors (Lipinski definition) is 1. The molecule has 0 atom stereocenters. The van der Waals surface area contributed by atoms with Gasteiger partial charge in [-0.1, -0.05) is 43.2 Å². The maximum Gasteiger partial charge on any atom is 0.352 e. The SMILES string of the molecule is CCCCn1c(=O)c2sccc2n2c(=O)n(CC(=O)NCc3ccc(C)cc3)nc12. The van der Waals surface area contributed by atoms with Crippen LogP contribution in [-0.2, 0) is 24.4 Å². The Hall–Kier alpha value is -3.20. The smallest absolute Gasteiger partial charge is 0.350 e. The molecule has 0 aliphatic carbocycles. The monoisotopic (exact) mass is 425 g/mol. The zero-order valence-electron chi connectivity index (χ0n) is 16.9. The number of amides is 1. The number of rotatable bonds is 7. The number of benzene rings is 1. The normalized spacial score (nSPS) is 11.4. The number of carbonyl (C=O) groups excluding carboxylic acids is 1. The number of thiophene rings is 1. The molecule has 3 heterocycles. The van der Waals surface area contributed by atoms with Crippen LogP contribution in [-0.4, -0.2) is 24.7 Å². The average molecular weight is 426 g/mol. The van der Waals surface area contributed by atoms with E-state index in [0.29, 0.717) is 23.3 Å². The van der Waals surface area contributed by atoms with Crippen LogP contribution in [0.2, 0.25) is 0 Å². The van der Waals surface area contributed by atoms with Crippen molar-refractivity contribution < 1.29 is 4.79 Å². The Morgan fingerprint density at radius 2 is 1.93 bits per heavy atom. The molecule has 0 aliphatic rings. The van der Waals surface area contributed by atoms with Gasteiger partial charge in [0.05, 0.1) is 5.52 Å². The van der Waals surface area contributed by atoms with Crippen LogP contribution in [0.25, 0.3) is 16.0 Å². The van der Waals surface area contributed by atoms with Crippen molar-refractivity contribution in [1.82, 2.24) is 24.1 Å². The molecule has 0 aliphatic heterocycles. The van der Waals surface area contributed by atoms with Gasteiger partial charge in [-0.15, -0.1) is 16.4 Å². The molecule has 4 rings (SSSR count). The van der Waals surface area contributed by atoms with Gasteiger partial charge < -0.3 is 5.32 Å². The first-order valence-electron chi connectivity index (χ1n) is 9.91. The van der Waals surface area contributed by atoms with Gasteiger partial charge in [0.1, 0.15) is 11.2 Å². The molecule has 8 nitrogen and oxygen atoms in total. The number of carbonyl (C=O) groups is 1. The molecular formula is C21H23N5O3S. The maximum absolute atomic E-state index is 13.0. The number of hydrogen-bond acceptors (Lipinski definition) is 5. The van der Waals surface area contributed by atoms with Crippen molar-refractivity contribution in [3.05, 3.63) is 67.7 Å². The molecule has 0 unspecified atom stereocenters. The fourth-order valence-corrected chi connectivity index (χ4v) is 4.18. The summed E-state index contributed by atoms with van der Waals surface area (Å²) in [5.74, 6) is -0.0409. The highest BCUT2D eigenvalue weighted by Gasteiger charge is 2.19. The van der Waals surface area contributed by atoms with E-state index in [1.165, 1.54) is 20.3 Å². The lowest BCUT2D eigenvalue weighted by atomic mass is 10.1. The Kier molecular flexibility index (Phi) is 5.54. The Morgan fingerprint density at radius 3 is 2.67 bits per heavy atom. The first kappa shape index (κ1) is 20.1. The van der Waals surface area contributed by atoms with E-state index >= 15 is 0 Å². The summed E-state index contributed by atoms with van der Waals surface area (Å²) in [6.07, 6.45) is 1.71. The molecule has 30 heavy (non-hydrogen) atoms. The summed E-state index contributed by atoms with van der Waals surface area (Å²) in [7, 11) is 0. The molecule has 1 aromatic carbocycles. The second-order valence-electron chi connectivity index (χ2n) is 7.28. The van der Waals surface area contributed by atoms with E-state index in [1.54, 1.807) is 11.4 Å². The first-order valence-corrected chi connectivity index (χ1v) is 10.8. The summed E-state index contributed by atoms with van der Waals surface area (Å²) in [6.45, 7) is 4.68. The molecular weight excluding hydrogens is 402 g/mol. The van der Waals surface area contributed by atoms with Gasteiger partial charge in [-0.2, -0.15) is 0 Å². The Morgan fingerprint density at radius 1 is 1.17 bits per heavy atom. The summed E-state index contributed by atoms with van der Waals surface area (Å²) in [6, 6.07) is 9.60. The van der Waals surface area contributed by atoms with Crippen LogP contribution < -0.4 is 16.6 Å². The van der Waals surface area contributed by atoms with Crippen molar-refractivity contribution in [1.29, 1.82) is 0 Å². The number of nitrogens with one attached hydrogen (secondary N) is 1. The Balaban J connectivity index is 1.65. The van der Waals surface area contributed by atoms with E-state index in [9.17, 15) is 14.4 Å². The third-order valence-electron chi connectivity index (χ3n) is 5.03. The quantitative estimate of drug-likeness (QED) is 0.492. The molecule has 0 radical (unpaired) electrons. The van der Waals surface area contributed by atoms with Crippen LogP contribution in [0.4, 0.5) is 0 Å². The molecule has 0 fully saturated rings. The second-order valence-corrected chi connectivity index (χ2v) is 8.20. The summed E-state index contributed by atoms with van der Waals surface area (Å²) in [4.78, 5) is 38.3. The van der Waals surface area contributed by atoms with Crippen LogP contribution in [0.1, 0.15) is 30.9 Å². The van der Waals surface area contributed by atoms with E-state index in [0.717, 1.165) is 28.7 Å². The topological polar surface area (TPSA) is 90.4 Å². The van der Waals surface area contributed by atoms with Crippen molar-refractivity contribution >= 4 is 33.2 Å². The van der Waals surface area contributed by atoms with E-state index in [2.05, 4.69) is 10.4 Å². The van der Waals surface area contributed by atoms with Crippen LogP contribution in [0.3, 0.4) is 0 Å². The fourth-order valence-electron chi connectivity index (χ4n) is 3.35. The third kappa shape index (κ3) is 3.68. The maximum atomic E-state index is 13.0. The Bertz CT molecular complexity index is 1330. The second kappa shape index (κ2) is 8.27. The molecule has 0 bridgehead atoms. The Labute approximate surface area is 176 Å². The first-order chi connectivity index (χ1) is 14.5. The third-order valence-corrected chi connectivity index (χ3v) is 5.92. The lowest BCUT2D eigenvalue weighted by Gasteiger charge is -2.06. The van der Waals surface area contributed by atoms with Gasteiger partial charge in [0.25, 0.3) is 5.56 Å². The predicted molar refractivity (Wildman–Crippen MR) is 117 cm³/mol. The molecule has 156 valence electrons. The minimum atomic E-state index is -0.427. The molecule has 1 N–H and O–H groups in total. The minimum absolute atomic E-state index is 0.151. The zero-order chi connectivity index (χ0) is 21.3. The lowest BCUT2D eigenvalue weighted by Crippen LogP contribution is -2.32. The number of aryl methyl sites for hydroxylation is 2. The highest BCUT2D eigenvalue weighted by molar-refractivity contribution is 7.17. The summed E-state index contributed by atoms with van der Waals surface area (Å²) >= 11 is 1.31. The lowest BCUT2D eigenvalue weighted by molar-refractivity contribution is -0.122. The minimum Gasteiger partial charge on any atom is -0.350 e. The van der Waals surface area contributed by atoms with Gasteiger partial charge in [0.15, 0.2) is 0 Å². The van der Waals surface area contributed by atoms with Crippen molar-refractivity contribution in [3.8, 4) is 0 Å². The van der Waals surface area contributed by atoms with Gasteiger partial charge in [0, 0.05) is 13.1 Å². The average Bonchev–Trinajstić information content (AvgIpc) is 3.33. The van der Waals surface area contributed by atoms with Crippen molar-refractivity contribution in [2.45, 2.75) is 46.3 Å². The standard InChI is InChI=1S/C21H23N5O3S/c1-3-4-10-24-19(28)18-16(9-11-30-18)26-20(24)23-25(21(26)29)13-17(27)22-12-15-7-5-14(2)6-8-15/h5-9,11H,3-4,10,12-13H2,1-2H3,(H,22,27). The molecule has 4 aromatic rings. The zero-order valence-corrected chi connectivity index (χ0v) is 17.7. The van der Waals surface area contributed by atoms with Gasteiger partial charge in [-0.3, -0.25) is 14.2 Å². The predicted octanol–water partition coefficient (Wildman–Crippen LogP) is 2.30. The van der Waals surface area contributed by atoms with E-state index in [-0.39, 0.29) is 23.8 Å². The number of nitrogens with zero attached hydrogens (tertiary/aromatic N) is 4. The highest BCUT2D eigenvalue weighted by Crippen LogP contribution is 2.17. The van der Waals surface area contributed by atoms with Crippen molar-refractivity contribution in [3.63, 3.8) is 0 Å². The summed E-state index contributed by atoms with van der Waals surface area (Å²) < 4.78 is 4.60. The number of unbranched alkanes of at least 4 members (excludes halogenated alkanes) is 1. The van der Waals surface area contributed by atoms with Crippen molar-refractivity contribution in [2.75, 3.05) is 0 Å². The van der Waals surface area contributed by atoms with Gasteiger partial charge in [-0.25, -0.2) is 13.9 Å². The van der Waals surface area contributed by atoms with Crippen LogP contribution in [0.15, 0.2) is 45.3 Å². The molecule has 0 spiro atoms. The summed E-state index contributed by atoms with van der Waals surface area (Å²) in [5, 5.41) is 8.94. The molecule has 1 amide bonds. The fraction of sp³-hybridized carbons (Fsp3) is 0.333. The van der Waals surface area contributed by atoms with E-state index in [4.69, 9.17) is 0 Å². The number of fused-ring (bicyclic) bond motifs is 3. The van der Waals surface area contributed by atoms with Crippen LogP contribution in [0.5, 0.6) is 0 Å². The van der Waals surface area contributed by atoms with Crippen LogP contribution in [0, 0.1) is 6.92 Å². The molecule has 0 saturated heterocycles. The van der Waals surface area contributed by atoms with Gasteiger partial charge in [0.2, 0.25) is 11.7 Å². The molecule has 9 heteroatoms. The van der Waals surface area contributed by atoms with E-state index < -0.39 is 5.69 Å². The molecule has 0 saturated carbocycles. The van der Waals surface area contributed by atoms with Crippen molar-refractivity contribution in [2.24, 2.45) is 0 Å². The number of aromatic nitrogens is 4. The molecule has 3 aromatic heterocycles. The largest absolute Gasteiger partial charge is 0.352 e. The van der Waals surface area contributed by atoms with Crippen LogP contribution >= 0.6 is 11.3 Å².